The van der Waals surface area contributed by atoms with E-state index >= 15 is 0 Å². The number of benzene rings is 1. The van der Waals surface area contributed by atoms with Gasteiger partial charge in [0.05, 0.1) is 0 Å². The Labute approximate surface area is 144 Å². The Balaban J connectivity index is 0.000000882. The first-order valence-electron chi connectivity index (χ1n) is 7.76. The fourth-order valence-corrected chi connectivity index (χ4v) is 3.59. The second-order valence-electron chi connectivity index (χ2n) is 6.03. The summed E-state index contributed by atoms with van der Waals surface area (Å²) in [5, 5.41) is 3.45. The lowest BCUT2D eigenvalue weighted by Gasteiger charge is -2.43. The molecule has 22 heavy (non-hydrogen) atoms. The number of nitrogens with one attached hydrogen (secondary N) is 1. The van der Waals surface area contributed by atoms with E-state index < -0.39 is 0 Å². The first-order valence-corrected chi connectivity index (χ1v) is 7.76. The van der Waals surface area contributed by atoms with E-state index in [4.69, 9.17) is 9.47 Å². The van der Waals surface area contributed by atoms with Crippen LogP contribution in [-0.2, 0) is 0 Å². The predicted octanol–water partition coefficient (Wildman–Crippen LogP) is 3.01. The Hall–Kier alpha value is -0.680. The van der Waals surface area contributed by atoms with Crippen LogP contribution in [0.5, 0.6) is 11.5 Å². The minimum absolute atomic E-state index is 0. The van der Waals surface area contributed by atoms with Gasteiger partial charge in [-0.15, -0.1) is 24.8 Å². The van der Waals surface area contributed by atoms with E-state index in [1.54, 1.807) is 0 Å². The third-order valence-electron chi connectivity index (χ3n) is 4.88. The Morgan fingerprint density at radius 3 is 2.45 bits per heavy atom. The van der Waals surface area contributed by atoms with E-state index in [0.717, 1.165) is 43.6 Å². The molecule has 1 aromatic carbocycles. The van der Waals surface area contributed by atoms with Crippen LogP contribution in [0.2, 0.25) is 0 Å². The Morgan fingerprint density at radius 2 is 1.77 bits per heavy atom. The summed E-state index contributed by atoms with van der Waals surface area (Å²) in [6.07, 6.45) is 4.11. The summed E-state index contributed by atoms with van der Waals surface area (Å²) in [7, 11) is 0. The lowest BCUT2D eigenvalue weighted by molar-refractivity contribution is 0.0835. The maximum absolute atomic E-state index is 5.55. The van der Waals surface area contributed by atoms with Gasteiger partial charge in [0, 0.05) is 32.2 Å². The molecule has 1 saturated heterocycles. The zero-order valence-electron chi connectivity index (χ0n) is 12.6. The highest BCUT2D eigenvalue weighted by molar-refractivity contribution is 5.85. The third-order valence-corrected chi connectivity index (χ3v) is 4.88. The molecule has 1 aliphatic carbocycles. The van der Waals surface area contributed by atoms with Gasteiger partial charge in [-0.2, -0.15) is 0 Å². The fourth-order valence-electron chi connectivity index (χ4n) is 3.59. The van der Waals surface area contributed by atoms with Crippen LogP contribution in [0.25, 0.3) is 0 Å². The average molecular weight is 347 g/mol. The topological polar surface area (TPSA) is 33.7 Å². The van der Waals surface area contributed by atoms with Gasteiger partial charge in [0.1, 0.15) is 0 Å². The second kappa shape index (κ2) is 7.73. The number of hydrogen-bond donors (Lipinski definition) is 1. The van der Waals surface area contributed by atoms with E-state index in [-0.39, 0.29) is 24.8 Å². The summed E-state index contributed by atoms with van der Waals surface area (Å²) in [5.74, 6) is 2.62. The van der Waals surface area contributed by atoms with Gasteiger partial charge in [-0.05, 0) is 36.5 Å². The van der Waals surface area contributed by atoms with E-state index in [9.17, 15) is 0 Å². The Bertz CT molecular complexity index is 491. The highest BCUT2D eigenvalue weighted by Gasteiger charge is 2.34. The van der Waals surface area contributed by atoms with Crippen molar-refractivity contribution in [2.24, 2.45) is 5.92 Å². The molecule has 4 rings (SSSR count). The summed E-state index contributed by atoms with van der Waals surface area (Å²) in [6, 6.07) is 7.07. The van der Waals surface area contributed by atoms with E-state index in [1.807, 2.05) is 0 Å². The summed E-state index contributed by atoms with van der Waals surface area (Å²) in [5.41, 5.74) is 1.40. The van der Waals surface area contributed by atoms with Crippen LogP contribution in [-0.4, -0.2) is 37.9 Å². The van der Waals surface area contributed by atoms with Gasteiger partial charge in [-0.1, -0.05) is 12.5 Å². The maximum Gasteiger partial charge on any atom is 0.231 e. The molecule has 2 heterocycles. The minimum Gasteiger partial charge on any atom is -0.454 e. The number of fused-ring (bicyclic) bond motifs is 1. The van der Waals surface area contributed by atoms with Crippen LogP contribution < -0.4 is 14.8 Å². The van der Waals surface area contributed by atoms with Gasteiger partial charge in [0.25, 0.3) is 0 Å². The van der Waals surface area contributed by atoms with Gasteiger partial charge in [0.15, 0.2) is 11.5 Å². The zero-order valence-corrected chi connectivity index (χ0v) is 14.3. The van der Waals surface area contributed by atoms with E-state index in [0.29, 0.717) is 12.8 Å². The molecule has 0 aromatic heterocycles. The van der Waals surface area contributed by atoms with Crippen LogP contribution in [0.1, 0.15) is 30.9 Å². The first-order chi connectivity index (χ1) is 9.92. The van der Waals surface area contributed by atoms with Crippen LogP contribution in [0, 0.1) is 5.92 Å². The number of halogens is 2. The average Bonchev–Trinajstić information content (AvgIpc) is 2.91. The molecule has 0 amide bonds. The molecular weight excluding hydrogens is 323 g/mol. The lowest BCUT2D eigenvalue weighted by atomic mass is 9.76. The van der Waals surface area contributed by atoms with Crippen LogP contribution in [0.15, 0.2) is 18.2 Å². The number of ether oxygens (including phenoxy) is 2. The molecule has 0 bridgehead atoms. The summed E-state index contributed by atoms with van der Waals surface area (Å²) >= 11 is 0. The zero-order chi connectivity index (χ0) is 13.4. The molecule has 1 saturated carbocycles. The number of nitrogens with zero attached hydrogens (tertiary/aromatic N) is 1. The fraction of sp³-hybridized carbons (Fsp3) is 0.625. The standard InChI is InChI=1S/C16H22N2O2.2ClH/c1-2-12(3-1)16(18-8-6-17-7-9-18)13-4-5-14-15(10-13)20-11-19-14;;/h4-5,10,12,16-17H,1-3,6-9,11H2;2*1H/t16-;;/m0../s1. The summed E-state index contributed by atoms with van der Waals surface area (Å²) in [6.45, 7) is 4.87. The van der Waals surface area contributed by atoms with Crippen molar-refractivity contribution in [1.29, 1.82) is 0 Å². The second-order valence-corrected chi connectivity index (χ2v) is 6.03. The van der Waals surface area contributed by atoms with Crippen molar-refractivity contribution in [3.05, 3.63) is 23.8 Å². The van der Waals surface area contributed by atoms with Crippen molar-refractivity contribution >= 4 is 24.8 Å². The molecule has 124 valence electrons. The van der Waals surface area contributed by atoms with Gasteiger partial charge < -0.3 is 14.8 Å². The summed E-state index contributed by atoms with van der Waals surface area (Å²) < 4.78 is 11.0. The predicted molar refractivity (Wildman–Crippen MR) is 91.6 cm³/mol. The monoisotopic (exact) mass is 346 g/mol. The molecule has 1 N–H and O–H groups in total. The number of piperazine rings is 1. The van der Waals surface area contributed by atoms with Crippen molar-refractivity contribution in [2.75, 3.05) is 33.0 Å². The Kier molecular flexibility index (Phi) is 6.21. The van der Waals surface area contributed by atoms with E-state index in [1.165, 1.54) is 24.8 Å². The number of hydrogen-bond acceptors (Lipinski definition) is 4. The van der Waals surface area contributed by atoms with Gasteiger partial charge in [0.2, 0.25) is 6.79 Å². The highest BCUT2D eigenvalue weighted by atomic mass is 35.5. The normalized spacial score (nSPS) is 22.2. The van der Waals surface area contributed by atoms with Crippen molar-refractivity contribution in [1.82, 2.24) is 10.2 Å². The molecule has 0 unspecified atom stereocenters. The largest absolute Gasteiger partial charge is 0.454 e. The molecule has 1 atom stereocenters. The number of rotatable bonds is 3. The Morgan fingerprint density at radius 1 is 1.05 bits per heavy atom. The molecule has 4 nitrogen and oxygen atoms in total. The van der Waals surface area contributed by atoms with Gasteiger partial charge in [-0.25, -0.2) is 0 Å². The molecular formula is C16H24Cl2N2O2. The highest BCUT2D eigenvalue weighted by Crippen LogP contribution is 2.44. The van der Waals surface area contributed by atoms with Gasteiger partial charge >= 0.3 is 0 Å². The summed E-state index contributed by atoms with van der Waals surface area (Å²) in [4.78, 5) is 2.65. The smallest absolute Gasteiger partial charge is 0.231 e. The van der Waals surface area contributed by atoms with Crippen LogP contribution in [0.3, 0.4) is 0 Å². The van der Waals surface area contributed by atoms with Crippen molar-refractivity contribution in [2.45, 2.75) is 25.3 Å². The van der Waals surface area contributed by atoms with E-state index in [2.05, 4.69) is 28.4 Å². The maximum atomic E-state index is 5.55. The molecule has 0 radical (unpaired) electrons. The minimum atomic E-state index is 0. The molecule has 1 aromatic rings. The van der Waals surface area contributed by atoms with Crippen molar-refractivity contribution in [3.63, 3.8) is 0 Å². The van der Waals surface area contributed by atoms with Crippen LogP contribution >= 0.6 is 24.8 Å². The van der Waals surface area contributed by atoms with Crippen molar-refractivity contribution in [3.8, 4) is 11.5 Å². The molecule has 0 spiro atoms. The molecule has 2 aliphatic heterocycles. The molecule has 6 heteroatoms. The van der Waals surface area contributed by atoms with Gasteiger partial charge in [-0.3, -0.25) is 4.90 Å². The lowest BCUT2D eigenvalue weighted by Crippen LogP contribution is -2.47. The quantitative estimate of drug-likeness (QED) is 0.912. The van der Waals surface area contributed by atoms with Crippen LogP contribution in [0.4, 0.5) is 0 Å². The van der Waals surface area contributed by atoms with Crippen molar-refractivity contribution < 1.29 is 9.47 Å². The first kappa shape index (κ1) is 17.7. The SMILES string of the molecule is Cl.Cl.c1cc2c(cc1[C@H](C1CCC1)N1CCNCC1)OCO2. The third kappa shape index (κ3) is 3.30. The molecule has 2 fully saturated rings. The molecule has 3 aliphatic rings.